The molecule has 0 radical (unpaired) electrons. The van der Waals surface area contributed by atoms with Crippen LogP contribution in [0.25, 0.3) is 0 Å². The molecule has 0 heterocycles. The molecule has 2 rings (SSSR count). The summed E-state index contributed by atoms with van der Waals surface area (Å²) in [6, 6.07) is 9.78. The summed E-state index contributed by atoms with van der Waals surface area (Å²) in [6.07, 6.45) is 2.00. The number of benzene rings is 1. The lowest BCUT2D eigenvalue weighted by Gasteiger charge is -2.27. The molecule has 17 heavy (non-hydrogen) atoms. The van der Waals surface area contributed by atoms with Gasteiger partial charge in [0.25, 0.3) is 0 Å². The lowest BCUT2D eigenvalue weighted by atomic mass is 9.75. The Hall–Kier alpha value is -1.64. The number of aliphatic carboxylic acids is 1. The lowest BCUT2D eigenvalue weighted by Crippen LogP contribution is -2.32. The van der Waals surface area contributed by atoms with E-state index in [1.165, 1.54) is 0 Å². The topological polar surface area (TPSA) is 54.4 Å². The molecule has 3 nitrogen and oxygen atoms in total. The molecule has 2 atom stereocenters. The quantitative estimate of drug-likeness (QED) is 0.870. The zero-order valence-corrected chi connectivity index (χ0v) is 9.63. The van der Waals surface area contributed by atoms with E-state index in [1.807, 2.05) is 30.3 Å². The minimum Gasteiger partial charge on any atom is -0.481 e. The first-order chi connectivity index (χ1) is 8.16. The Morgan fingerprint density at radius 2 is 2.00 bits per heavy atom. The van der Waals surface area contributed by atoms with Gasteiger partial charge in [-0.25, -0.2) is 0 Å². The molecule has 1 aromatic carbocycles. The van der Waals surface area contributed by atoms with Crippen molar-refractivity contribution in [1.29, 1.82) is 0 Å². The molecule has 0 amide bonds. The third-order valence-electron chi connectivity index (χ3n) is 3.45. The van der Waals surface area contributed by atoms with Crippen LogP contribution in [0.5, 0.6) is 0 Å². The van der Waals surface area contributed by atoms with Gasteiger partial charge in [-0.1, -0.05) is 30.3 Å². The summed E-state index contributed by atoms with van der Waals surface area (Å²) in [6.45, 7) is 0. The number of carboxylic acids is 1. The van der Waals surface area contributed by atoms with E-state index in [0.717, 1.165) is 5.56 Å². The number of Topliss-reactive ketones (excluding diaryl/α,β-unsaturated/α-hetero) is 1. The van der Waals surface area contributed by atoms with Gasteiger partial charge in [0.1, 0.15) is 5.78 Å². The highest BCUT2D eigenvalue weighted by atomic mass is 16.4. The van der Waals surface area contributed by atoms with Gasteiger partial charge in [-0.15, -0.1) is 0 Å². The van der Waals surface area contributed by atoms with Crippen molar-refractivity contribution in [1.82, 2.24) is 0 Å². The van der Waals surface area contributed by atoms with E-state index < -0.39 is 5.97 Å². The van der Waals surface area contributed by atoms with Gasteiger partial charge >= 0.3 is 5.97 Å². The van der Waals surface area contributed by atoms with Crippen LogP contribution in [0.2, 0.25) is 0 Å². The van der Waals surface area contributed by atoms with Crippen LogP contribution < -0.4 is 0 Å². The molecule has 1 N–H and O–H groups in total. The molecule has 1 aliphatic carbocycles. The maximum absolute atomic E-state index is 11.4. The average molecular weight is 232 g/mol. The molecule has 1 saturated carbocycles. The molecule has 0 aliphatic heterocycles. The van der Waals surface area contributed by atoms with E-state index in [2.05, 4.69) is 0 Å². The second-order valence-electron chi connectivity index (χ2n) is 4.68. The van der Waals surface area contributed by atoms with Crippen LogP contribution in [0.3, 0.4) is 0 Å². The van der Waals surface area contributed by atoms with E-state index in [-0.39, 0.29) is 17.6 Å². The maximum Gasteiger partial charge on any atom is 0.306 e. The predicted octanol–water partition coefficient (Wildman–Crippen LogP) is 2.30. The Bertz CT molecular complexity index is 411. The Kier molecular flexibility index (Phi) is 3.57. The standard InChI is InChI=1S/C14H16O3/c15-12-6-7-13(14(16)17)11(9-12)8-10-4-2-1-3-5-10/h1-5,11,13H,6-9H2,(H,16,17)/t11-,13-/m1/s1. The number of ketones is 1. The van der Waals surface area contributed by atoms with E-state index in [9.17, 15) is 9.59 Å². The molecule has 90 valence electrons. The molecule has 0 unspecified atom stereocenters. The third-order valence-corrected chi connectivity index (χ3v) is 3.45. The van der Waals surface area contributed by atoms with Gasteiger partial charge in [-0.3, -0.25) is 9.59 Å². The van der Waals surface area contributed by atoms with E-state index >= 15 is 0 Å². The van der Waals surface area contributed by atoms with Crippen LogP contribution in [0.4, 0.5) is 0 Å². The van der Waals surface area contributed by atoms with Crippen molar-refractivity contribution in [3.8, 4) is 0 Å². The van der Waals surface area contributed by atoms with Crippen LogP contribution >= 0.6 is 0 Å². The van der Waals surface area contributed by atoms with Crippen LogP contribution in [0.15, 0.2) is 30.3 Å². The summed E-state index contributed by atoms with van der Waals surface area (Å²) in [5.74, 6) is -0.981. The highest BCUT2D eigenvalue weighted by Crippen LogP contribution is 2.31. The van der Waals surface area contributed by atoms with Gasteiger partial charge in [0.15, 0.2) is 0 Å². The van der Waals surface area contributed by atoms with Gasteiger partial charge in [0.05, 0.1) is 5.92 Å². The average Bonchev–Trinajstić information content (AvgIpc) is 2.30. The van der Waals surface area contributed by atoms with E-state index in [1.54, 1.807) is 0 Å². The Labute approximate surface area is 100 Å². The summed E-state index contributed by atoms with van der Waals surface area (Å²) < 4.78 is 0. The minimum absolute atomic E-state index is 0.0452. The highest BCUT2D eigenvalue weighted by molar-refractivity contribution is 5.82. The smallest absolute Gasteiger partial charge is 0.306 e. The largest absolute Gasteiger partial charge is 0.481 e. The molecule has 0 spiro atoms. The summed E-state index contributed by atoms with van der Waals surface area (Å²) in [4.78, 5) is 22.6. The molecule has 0 saturated heterocycles. The van der Waals surface area contributed by atoms with Gasteiger partial charge < -0.3 is 5.11 Å². The van der Waals surface area contributed by atoms with Crippen LogP contribution in [-0.2, 0) is 16.0 Å². The van der Waals surface area contributed by atoms with Crippen LogP contribution in [0, 0.1) is 11.8 Å². The summed E-state index contributed by atoms with van der Waals surface area (Å²) in [7, 11) is 0. The maximum atomic E-state index is 11.4. The fraction of sp³-hybridized carbons (Fsp3) is 0.429. The molecule has 1 fully saturated rings. The molecule has 3 heteroatoms. The summed E-state index contributed by atoms with van der Waals surface area (Å²) >= 11 is 0. The fourth-order valence-corrected chi connectivity index (χ4v) is 2.55. The number of rotatable bonds is 3. The van der Waals surface area contributed by atoms with Crippen molar-refractivity contribution in [3.05, 3.63) is 35.9 Å². The van der Waals surface area contributed by atoms with Crippen molar-refractivity contribution in [2.75, 3.05) is 0 Å². The van der Waals surface area contributed by atoms with Crippen LogP contribution in [0.1, 0.15) is 24.8 Å². The normalized spacial score (nSPS) is 24.6. The predicted molar refractivity (Wildman–Crippen MR) is 63.6 cm³/mol. The first-order valence-corrected chi connectivity index (χ1v) is 5.95. The summed E-state index contributed by atoms with van der Waals surface area (Å²) in [5.41, 5.74) is 1.11. The van der Waals surface area contributed by atoms with E-state index in [0.29, 0.717) is 25.7 Å². The Morgan fingerprint density at radius 1 is 1.29 bits per heavy atom. The molecule has 0 aromatic heterocycles. The third kappa shape index (κ3) is 2.93. The van der Waals surface area contributed by atoms with Crippen LogP contribution in [-0.4, -0.2) is 16.9 Å². The first-order valence-electron chi connectivity index (χ1n) is 5.95. The molecular weight excluding hydrogens is 216 g/mol. The highest BCUT2D eigenvalue weighted by Gasteiger charge is 2.33. The second kappa shape index (κ2) is 5.13. The minimum atomic E-state index is -0.765. The molecule has 1 aromatic rings. The van der Waals surface area contributed by atoms with Crippen molar-refractivity contribution < 1.29 is 14.7 Å². The zero-order chi connectivity index (χ0) is 12.3. The van der Waals surface area contributed by atoms with Crippen molar-refractivity contribution in [2.24, 2.45) is 11.8 Å². The van der Waals surface area contributed by atoms with Gasteiger partial charge in [-0.2, -0.15) is 0 Å². The number of hydrogen-bond acceptors (Lipinski definition) is 2. The molecule has 1 aliphatic rings. The van der Waals surface area contributed by atoms with Crippen molar-refractivity contribution in [3.63, 3.8) is 0 Å². The molecule has 0 bridgehead atoms. The lowest BCUT2D eigenvalue weighted by molar-refractivity contribution is -0.145. The fourth-order valence-electron chi connectivity index (χ4n) is 2.55. The van der Waals surface area contributed by atoms with Gasteiger partial charge in [-0.05, 0) is 24.3 Å². The second-order valence-corrected chi connectivity index (χ2v) is 4.68. The summed E-state index contributed by atoms with van der Waals surface area (Å²) in [5, 5.41) is 9.16. The van der Waals surface area contributed by atoms with Gasteiger partial charge in [0.2, 0.25) is 0 Å². The number of hydrogen-bond donors (Lipinski definition) is 1. The number of carbonyl (C=O) groups excluding carboxylic acids is 1. The monoisotopic (exact) mass is 232 g/mol. The Morgan fingerprint density at radius 3 is 2.65 bits per heavy atom. The number of carboxylic acid groups (broad SMARTS) is 1. The SMILES string of the molecule is O=C1CC[C@@H](C(=O)O)[C@H](Cc2ccccc2)C1. The molecular formula is C14H16O3. The zero-order valence-electron chi connectivity index (χ0n) is 9.63. The Balaban J connectivity index is 2.10. The van der Waals surface area contributed by atoms with Gasteiger partial charge in [0, 0.05) is 12.8 Å². The first kappa shape index (κ1) is 11.8. The van der Waals surface area contributed by atoms with Crippen molar-refractivity contribution in [2.45, 2.75) is 25.7 Å². The van der Waals surface area contributed by atoms with Crippen molar-refractivity contribution >= 4 is 11.8 Å². The number of carbonyl (C=O) groups is 2. The van der Waals surface area contributed by atoms with E-state index in [4.69, 9.17) is 5.11 Å².